The van der Waals surface area contributed by atoms with Gasteiger partial charge in [-0.05, 0) is 24.0 Å². The number of hydrazine groups is 1. The topological polar surface area (TPSA) is 38.0 Å². The van der Waals surface area contributed by atoms with Gasteiger partial charge in [0, 0.05) is 6.04 Å². The Bertz CT molecular complexity index is 305. The molecule has 0 aliphatic rings. The zero-order valence-electron chi connectivity index (χ0n) is 11.9. The SMILES string of the molecule is CCCCCCC(NN)c1ccc(CCC)cc1. The number of nitrogens with two attached hydrogens (primary N) is 1. The Balaban J connectivity index is 2.48. The number of benzene rings is 1. The van der Waals surface area contributed by atoms with Crippen LogP contribution in [0.3, 0.4) is 0 Å². The second-order valence-electron chi connectivity index (χ2n) is 5.06. The molecule has 1 aromatic rings. The van der Waals surface area contributed by atoms with E-state index in [1.54, 1.807) is 0 Å². The summed E-state index contributed by atoms with van der Waals surface area (Å²) in [6.07, 6.45) is 8.66. The minimum Gasteiger partial charge on any atom is -0.271 e. The van der Waals surface area contributed by atoms with Gasteiger partial charge in [0.05, 0.1) is 0 Å². The van der Waals surface area contributed by atoms with Crippen LogP contribution in [-0.2, 0) is 6.42 Å². The number of rotatable bonds is 9. The third-order valence-electron chi connectivity index (χ3n) is 3.47. The monoisotopic (exact) mass is 248 g/mol. The van der Waals surface area contributed by atoms with E-state index in [0.717, 1.165) is 12.8 Å². The Morgan fingerprint density at radius 2 is 1.72 bits per heavy atom. The molecule has 0 spiro atoms. The Hall–Kier alpha value is -0.860. The van der Waals surface area contributed by atoms with Crippen LogP contribution in [0.1, 0.15) is 69.5 Å². The van der Waals surface area contributed by atoms with E-state index in [-0.39, 0.29) is 0 Å². The van der Waals surface area contributed by atoms with E-state index in [9.17, 15) is 0 Å². The van der Waals surface area contributed by atoms with Gasteiger partial charge in [-0.1, -0.05) is 70.2 Å². The molecule has 0 radical (unpaired) electrons. The zero-order valence-corrected chi connectivity index (χ0v) is 11.9. The first kappa shape index (κ1) is 15.2. The summed E-state index contributed by atoms with van der Waals surface area (Å²) < 4.78 is 0. The minimum atomic E-state index is 0.303. The second kappa shape index (κ2) is 9.12. The van der Waals surface area contributed by atoms with Crippen molar-refractivity contribution in [3.8, 4) is 0 Å². The summed E-state index contributed by atoms with van der Waals surface area (Å²) in [4.78, 5) is 0. The molecule has 0 heterocycles. The molecule has 1 rings (SSSR count). The lowest BCUT2D eigenvalue weighted by atomic mass is 9.98. The molecule has 0 amide bonds. The quantitative estimate of drug-likeness (QED) is 0.392. The molecule has 0 aliphatic carbocycles. The Morgan fingerprint density at radius 3 is 2.28 bits per heavy atom. The molecule has 0 bridgehead atoms. The van der Waals surface area contributed by atoms with Crippen molar-refractivity contribution in [2.45, 2.75) is 64.8 Å². The Kier molecular flexibility index (Phi) is 7.70. The zero-order chi connectivity index (χ0) is 13.2. The molecule has 2 heteroatoms. The van der Waals surface area contributed by atoms with Crippen molar-refractivity contribution >= 4 is 0 Å². The largest absolute Gasteiger partial charge is 0.271 e. The van der Waals surface area contributed by atoms with E-state index in [4.69, 9.17) is 5.84 Å². The summed E-state index contributed by atoms with van der Waals surface area (Å²) in [7, 11) is 0. The van der Waals surface area contributed by atoms with Crippen LogP contribution in [0.15, 0.2) is 24.3 Å². The highest BCUT2D eigenvalue weighted by Gasteiger charge is 2.08. The fourth-order valence-corrected chi connectivity index (χ4v) is 2.33. The van der Waals surface area contributed by atoms with Gasteiger partial charge in [0.25, 0.3) is 0 Å². The second-order valence-corrected chi connectivity index (χ2v) is 5.06. The minimum absolute atomic E-state index is 0.303. The predicted molar refractivity (Wildman–Crippen MR) is 79.3 cm³/mol. The van der Waals surface area contributed by atoms with Crippen molar-refractivity contribution in [3.05, 3.63) is 35.4 Å². The Morgan fingerprint density at radius 1 is 1.00 bits per heavy atom. The van der Waals surface area contributed by atoms with Crippen LogP contribution in [0.2, 0.25) is 0 Å². The fourth-order valence-electron chi connectivity index (χ4n) is 2.33. The lowest BCUT2D eigenvalue weighted by Crippen LogP contribution is -2.27. The summed E-state index contributed by atoms with van der Waals surface area (Å²) in [5, 5.41) is 0. The maximum Gasteiger partial charge on any atom is 0.0460 e. The molecule has 102 valence electrons. The highest BCUT2D eigenvalue weighted by Crippen LogP contribution is 2.20. The van der Waals surface area contributed by atoms with E-state index in [1.165, 1.54) is 43.2 Å². The van der Waals surface area contributed by atoms with Gasteiger partial charge in [0.15, 0.2) is 0 Å². The van der Waals surface area contributed by atoms with Crippen LogP contribution < -0.4 is 11.3 Å². The Labute approximate surface area is 112 Å². The lowest BCUT2D eigenvalue weighted by molar-refractivity contribution is 0.482. The van der Waals surface area contributed by atoms with Crippen molar-refractivity contribution in [3.63, 3.8) is 0 Å². The smallest absolute Gasteiger partial charge is 0.0460 e. The van der Waals surface area contributed by atoms with Gasteiger partial charge < -0.3 is 0 Å². The van der Waals surface area contributed by atoms with Gasteiger partial charge in [0.2, 0.25) is 0 Å². The molecule has 0 saturated heterocycles. The maximum atomic E-state index is 5.67. The number of hydrogen-bond donors (Lipinski definition) is 2. The molecule has 1 unspecified atom stereocenters. The molecule has 1 atom stereocenters. The summed E-state index contributed by atoms with van der Waals surface area (Å²) >= 11 is 0. The third kappa shape index (κ3) is 5.19. The van der Waals surface area contributed by atoms with Crippen LogP contribution >= 0.6 is 0 Å². The van der Waals surface area contributed by atoms with Crippen molar-refractivity contribution in [1.29, 1.82) is 0 Å². The van der Waals surface area contributed by atoms with Crippen molar-refractivity contribution in [1.82, 2.24) is 5.43 Å². The number of hydrogen-bond acceptors (Lipinski definition) is 2. The first-order valence-corrected chi connectivity index (χ1v) is 7.36. The average Bonchev–Trinajstić information content (AvgIpc) is 2.41. The normalized spacial score (nSPS) is 12.6. The molecular weight excluding hydrogens is 220 g/mol. The molecular formula is C16H28N2. The molecule has 1 aromatic carbocycles. The molecule has 0 saturated carbocycles. The van der Waals surface area contributed by atoms with Crippen LogP contribution in [0.25, 0.3) is 0 Å². The molecule has 0 fully saturated rings. The van der Waals surface area contributed by atoms with Crippen molar-refractivity contribution in [2.75, 3.05) is 0 Å². The summed E-state index contributed by atoms with van der Waals surface area (Å²) in [5.41, 5.74) is 5.68. The van der Waals surface area contributed by atoms with Gasteiger partial charge >= 0.3 is 0 Å². The van der Waals surface area contributed by atoms with Crippen LogP contribution in [0.4, 0.5) is 0 Å². The van der Waals surface area contributed by atoms with Crippen LogP contribution in [0, 0.1) is 0 Å². The standard InChI is InChI=1S/C16H28N2/c1-3-5-6-7-9-16(18-17)15-12-10-14(8-4-2)11-13-15/h10-13,16,18H,3-9,17H2,1-2H3. The van der Waals surface area contributed by atoms with Gasteiger partial charge in [-0.25, -0.2) is 0 Å². The maximum absolute atomic E-state index is 5.67. The first-order chi connectivity index (χ1) is 8.81. The van der Waals surface area contributed by atoms with E-state index in [0.29, 0.717) is 6.04 Å². The summed E-state index contributed by atoms with van der Waals surface area (Å²) in [6, 6.07) is 9.20. The van der Waals surface area contributed by atoms with Crippen molar-refractivity contribution in [2.24, 2.45) is 5.84 Å². The van der Waals surface area contributed by atoms with Crippen LogP contribution in [-0.4, -0.2) is 0 Å². The van der Waals surface area contributed by atoms with Crippen LogP contribution in [0.5, 0.6) is 0 Å². The number of unbranched alkanes of at least 4 members (excludes halogenated alkanes) is 3. The predicted octanol–water partition coefficient (Wildman–Crippen LogP) is 4.11. The van der Waals surface area contributed by atoms with E-state index >= 15 is 0 Å². The van der Waals surface area contributed by atoms with E-state index < -0.39 is 0 Å². The third-order valence-corrected chi connectivity index (χ3v) is 3.47. The summed E-state index contributed by atoms with van der Waals surface area (Å²) in [6.45, 7) is 4.46. The molecule has 2 nitrogen and oxygen atoms in total. The molecule has 0 aromatic heterocycles. The molecule has 18 heavy (non-hydrogen) atoms. The molecule has 3 N–H and O–H groups in total. The van der Waals surface area contributed by atoms with E-state index in [1.807, 2.05) is 0 Å². The van der Waals surface area contributed by atoms with Gasteiger partial charge in [-0.3, -0.25) is 11.3 Å². The van der Waals surface area contributed by atoms with E-state index in [2.05, 4.69) is 43.5 Å². The lowest BCUT2D eigenvalue weighted by Gasteiger charge is -2.16. The number of aryl methyl sites for hydroxylation is 1. The molecule has 0 aliphatic heterocycles. The average molecular weight is 248 g/mol. The van der Waals surface area contributed by atoms with Gasteiger partial charge in [0.1, 0.15) is 0 Å². The summed E-state index contributed by atoms with van der Waals surface area (Å²) in [5.74, 6) is 5.67. The highest BCUT2D eigenvalue weighted by atomic mass is 15.2. The van der Waals surface area contributed by atoms with Gasteiger partial charge in [-0.15, -0.1) is 0 Å². The number of nitrogens with one attached hydrogen (secondary N) is 1. The first-order valence-electron chi connectivity index (χ1n) is 7.36. The van der Waals surface area contributed by atoms with Crippen molar-refractivity contribution < 1.29 is 0 Å². The van der Waals surface area contributed by atoms with Gasteiger partial charge in [-0.2, -0.15) is 0 Å². The fraction of sp³-hybridized carbons (Fsp3) is 0.625. The highest BCUT2D eigenvalue weighted by molar-refractivity contribution is 5.25.